The average Bonchev–Trinajstić information content (AvgIpc) is 3.13. The van der Waals surface area contributed by atoms with E-state index >= 15 is 0 Å². The number of carbonyl (C=O) groups excluding carboxylic acids is 1. The second-order valence-electron chi connectivity index (χ2n) is 5.96. The van der Waals surface area contributed by atoms with E-state index < -0.39 is 0 Å². The summed E-state index contributed by atoms with van der Waals surface area (Å²) in [4.78, 5) is 16.7. The molecule has 2 heterocycles. The number of nitrogens with zero attached hydrogens (tertiary/aromatic N) is 3. The van der Waals surface area contributed by atoms with Crippen LogP contribution in [0.15, 0.2) is 29.6 Å². The molecule has 1 fully saturated rings. The lowest BCUT2D eigenvalue weighted by Crippen LogP contribution is -2.14. The third kappa shape index (κ3) is 3.52. The van der Waals surface area contributed by atoms with Gasteiger partial charge in [-0.3, -0.25) is 4.79 Å². The minimum absolute atomic E-state index is 0.102. The van der Waals surface area contributed by atoms with Crippen LogP contribution in [0.2, 0.25) is 0 Å². The fourth-order valence-electron chi connectivity index (χ4n) is 2.41. The predicted octanol–water partition coefficient (Wildman–Crippen LogP) is 4.03. The Balaban J connectivity index is 1.40. The van der Waals surface area contributed by atoms with E-state index in [1.807, 2.05) is 17.5 Å². The van der Waals surface area contributed by atoms with Crippen LogP contribution in [-0.2, 0) is 11.2 Å². The largest absolute Gasteiger partial charge is 0.300 e. The first-order valence-electron chi connectivity index (χ1n) is 7.82. The summed E-state index contributed by atoms with van der Waals surface area (Å²) in [5, 5.41) is 15.5. The predicted molar refractivity (Wildman–Crippen MR) is 96.5 cm³/mol. The van der Waals surface area contributed by atoms with Gasteiger partial charge in [0.25, 0.3) is 0 Å². The van der Waals surface area contributed by atoms with Crippen molar-refractivity contribution < 1.29 is 4.79 Å². The molecule has 0 unspecified atom stereocenters. The Hall–Kier alpha value is -2.12. The zero-order valence-electron chi connectivity index (χ0n) is 13.2. The second kappa shape index (κ2) is 6.41. The van der Waals surface area contributed by atoms with Gasteiger partial charge in [-0.1, -0.05) is 35.1 Å². The molecular weight excluding hydrogens is 340 g/mol. The summed E-state index contributed by atoms with van der Waals surface area (Å²) in [6.07, 6.45) is 2.62. The first kappa shape index (κ1) is 15.4. The summed E-state index contributed by atoms with van der Waals surface area (Å²) in [7, 11) is 0. The van der Waals surface area contributed by atoms with Crippen molar-refractivity contribution in [1.29, 1.82) is 0 Å². The molecule has 1 aromatic carbocycles. The van der Waals surface area contributed by atoms with Crippen molar-refractivity contribution in [3.8, 4) is 10.6 Å². The van der Waals surface area contributed by atoms with Gasteiger partial charge in [0.05, 0.1) is 12.1 Å². The van der Waals surface area contributed by atoms with E-state index in [-0.39, 0.29) is 12.3 Å². The fourth-order valence-corrected chi connectivity index (χ4v) is 4.15. The van der Waals surface area contributed by atoms with E-state index in [9.17, 15) is 4.79 Å². The Labute approximate surface area is 147 Å². The molecule has 1 N–H and O–H groups in total. The van der Waals surface area contributed by atoms with Crippen molar-refractivity contribution >= 4 is 33.7 Å². The number of anilines is 1. The number of amides is 1. The van der Waals surface area contributed by atoms with Crippen molar-refractivity contribution in [3.63, 3.8) is 0 Å². The quantitative estimate of drug-likeness (QED) is 0.749. The van der Waals surface area contributed by atoms with Crippen LogP contribution in [-0.4, -0.2) is 21.1 Å². The van der Waals surface area contributed by atoms with Gasteiger partial charge in [-0.25, -0.2) is 4.98 Å². The molecule has 0 saturated heterocycles. The van der Waals surface area contributed by atoms with Gasteiger partial charge in [0, 0.05) is 16.9 Å². The molecular formula is C17H16N4OS2. The van der Waals surface area contributed by atoms with Crippen molar-refractivity contribution in [2.75, 3.05) is 5.32 Å². The smallest absolute Gasteiger partial charge is 0.232 e. The highest BCUT2D eigenvalue weighted by Crippen LogP contribution is 2.42. The first-order chi connectivity index (χ1) is 11.7. The summed E-state index contributed by atoms with van der Waals surface area (Å²) >= 11 is 3.03. The molecule has 0 radical (unpaired) electrons. The van der Waals surface area contributed by atoms with E-state index in [4.69, 9.17) is 0 Å². The molecule has 0 aliphatic heterocycles. The minimum Gasteiger partial charge on any atom is -0.300 e. The van der Waals surface area contributed by atoms with Crippen molar-refractivity contribution in [2.45, 2.75) is 32.1 Å². The molecule has 5 nitrogen and oxygen atoms in total. The lowest BCUT2D eigenvalue weighted by molar-refractivity contribution is -0.115. The van der Waals surface area contributed by atoms with Crippen molar-refractivity contribution in [2.24, 2.45) is 0 Å². The maximum absolute atomic E-state index is 12.2. The minimum atomic E-state index is -0.102. The third-order valence-electron chi connectivity index (χ3n) is 3.77. The summed E-state index contributed by atoms with van der Waals surface area (Å²) in [5.41, 5.74) is 3.07. The van der Waals surface area contributed by atoms with Crippen LogP contribution in [0.1, 0.15) is 35.0 Å². The van der Waals surface area contributed by atoms with Crippen LogP contribution in [0.3, 0.4) is 0 Å². The number of rotatable bonds is 5. The van der Waals surface area contributed by atoms with Gasteiger partial charge in [0.2, 0.25) is 11.0 Å². The van der Waals surface area contributed by atoms with Crippen LogP contribution in [0.25, 0.3) is 10.6 Å². The molecule has 24 heavy (non-hydrogen) atoms. The number of benzene rings is 1. The lowest BCUT2D eigenvalue weighted by Gasteiger charge is -1.99. The number of aryl methyl sites for hydroxylation is 1. The summed E-state index contributed by atoms with van der Waals surface area (Å²) < 4.78 is 0. The standard InChI is InChI=1S/C17H16N4OS2/c1-10-3-2-4-12(7-10)15-18-13(9-23-15)8-14(22)19-17-21-20-16(24-17)11-5-6-11/h2-4,7,9,11H,5-6,8H2,1H3,(H,19,21,22). The van der Waals surface area contributed by atoms with E-state index in [1.165, 1.54) is 29.7 Å². The monoisotopic (exact) mass is 356 g/mol. The zero-order chi connectivity index (χ0) is 16.5. The normalized spacial score (nSPS) is 13.9. The third-order valence-corrected chi connectivity index (χ3v) is 5.71. The maximum Gasteiger partial charge on any atom is 0.232 e. The van der Waals surface area contributed by atoms with Gasteiger partial charge in [-0.05, 0) is 25.8 Å². The molecule has 0 bridgehead atoms. The highest BCUT2D eigenvalue weighted by atomic mass is 32.1. The van der Waals surface area contributed by atoms with E-state index in [1.54, 1.807) is 11.3 Å². The molecule has 1 aliphatic rings. The van der Waals surface area contributed by atoms with Gasteiger partial charge in [-0.2, -0.15) is 0 Å². The Kier molecular flexibility index (Phi) is 4.12. The number of thiazole rings is 1. The fraction of sp³-hybridized carbons (Fsp3) is 0.294. The molecule has 1 saturated carbocycles. The molecule has 7 heteroatoms. The summed E-state index contributed by atoms with van der Waals surface area (Å²) in [6, 6.07) is 8.22. The number of aromatic nitrogens is 3. The molecule has 4 rings (SSSR count). The first-order valence-corrected chi connectivity index (χ1v) is 9.52. The van der Waals surface area contributed by atoms with E-state index in [2.05, 4.69) is 39.6 Å². The molecule has 1 amide bonds. The molecule has 0 atom stereocenters. The van der Waals surface area contributed by atoms with Gasteiger partial charge < -0.3 is 5.32 Å². The van der Waals surface area contributed by atoms with Crippen LogP contribution >= 0.6 is 22.7 Å². The Morgan fingerprint density at radius 3 is 3.00 bits per heavy atom. The van der Waals surface area contributed by atoms with Crippen molar-refractivity contribution in [3.05, 3.63) is 45.9 Å². The maximum atomic E-state index is 12.2. The second-order valence-corrected chi connectivity index (χ2v) is 7.83. The van der Waals surface area contributed by atoms with Crippen molar-refractivity contribution in [1.82, 2.24) is 15.2 Å². The zero-order valence-corrected chi connectivity index (χ0v) is 14.8. The number of carbonyl (C=O) groups is 1. The van der Waals surface area contributed by atoms with E-state index in [0.29, 0.717) is 11.0 Å². The summed E-state index contributed by atoms with van der Waals surface area (Å²) in [6.45, 7) is 2.06. The molecule has 122 valence electrons. The van der Waals surface area contributed by atoms with E-state index in [0.717, 1.165) is 21.3 Å². The van der Waals surface area contributed by atoms with Crippen LogP contribution in [0, 0.1) is 6.92 Å². The molecule has 2 aromatic heterocycles. The SMILES string of the molecule is Cc1cccc(-c2nc(CC(=O)Nc3nnc(C4CC4)s3)cs2)c1. The van der Waals surface area contributed by atoms with Gasteiger partial charge >= 0.3 is 0 Å². The van der Waals surface area contributed by atoms with Gasteiger partial charge in [0.15, 0.2) is 0 Å². The van der Waals surface area contributed by atoms with Crippen LogP contribution in [0.5, 0.6) is 0 Å². The van der Waals surface area contributed by atoms with Gasteiger partial charge in [-0.15, -0.1) is 21.5 Å². The number of hydrogen-bond donors (Lipinski definition) is 1. The molecule has 3 aromatic rings. The van der Waals surface area contributed by atoms with Crippen LogP contribution in [0.4, 0.5) is 5.13 Å². The Morgan fingerprint density at radius 2 is 2.21 bits per heavy atom. The summed E-state index contributed by atoms with van der Waals surface area (Å²) in [5.74, 6) is 0.457. The highest BCUT2D eigenvalue weighted by molar-refractivity contribution is 7.15. The average molecular weight is 356 g/mol. The lowest BCUT2D eigenvalue weighted by atomic mass is 10.1. The Morgan fingerprint density at radius 1 is 1.33 bits per heavy atom. The molecule has 0 spiro atoms. The Bertz CT molecular complexity index is 882. The highest BCUT2D eigenvalue weighted by Gasteiger charge is 2.27. The topological polar surface area (TPSA) is 67.8 Å². The van der Waals surface area contributed by atoms with Crippen LogP contribution < -0.4 is 5.32 Å². The van der Waals surface area contributed by atoms with Gasteiger partial charge in [0.1, 0.15) is 10.0 Å². The molecule has 1 aliphatic carbocycles. The number of hydrogen-bond acceptors (Lipinski definition) is 6. The number of nitrogens with one attached hydrogen (secondary N) is 1.